The van der Waals surface area contributed by atoms with E-state index in [1.807, 2.05) is 0 Å². The Hall–Kier alpha value is -0.590. The van der Waals surface area contributed by atoms with Crippen LogP contribution in [0.5, 0.6) is 0 Å². The second-order valence-electron chi connectivity index (χ2n) is 4.38. The van der Waals surface area contributed by atoms with Gasteiger partial charge in [-0.1, -0.05) is 0 Å². The summed E-state index contributed by atoms with van der Waals surface area (Å²) in [5, 5.41) is 8.95. The van der Waals surface area contributed by atoms with Gasteiger partial charge in [-0.05, 0) is 31.7 Å². The first kappa shape index (κ1) is 8.98. The third-order valence-corrected chi connectivity index (χ3v) is 3.12. The van der Waals surface area contributed by atoms with Crippen LogP contribution < -0.4 is 5.73 Å². The molecule has 1 saturated carbocycles. The number of likely N-dealkylation sites (tertiary alicyclic amines) is 1. The molecular weight excluding hydrogens is 162 g/mol. The smallest absolute Gasteiger partial charge is 0.0672 e. The van der Waals surface area contributed by atoms with Crippen molar-refractivity contribution in [2.24, 2.45) is 17.6 Å². The second-order valence-corrected chi connectivity index (χ2v) is 4.38. The van der Waals surface area contributed by atoms with Crippen molar-refractivity contribution in [3.8, 4) is 6.07 Å². The molecule has 0 aromatic heterocycles. The van der Waals surface area contributed by atoms with Crippen molar-refractivity contribution in [3.63, 3.8) is 0 Å². The Kier molecular flexibility index (Phi) is 2.52. The van der Waals surface area contributed by atoms with Crippen LogP contribution in [0.1, 0.15) is 19.3 Å². The van der Waals surface area contributed by atoms with Gasteiger partial charge in [0, 0.05) is 19.1 Å². The Morgan fingerprint density at radius 2 is 2.23 bits per heavy atom. The zero-order chi connectivity index (χ0) is 9.26. The third-order valence-electron chi connectivity index (χ3n) is 3.12. The van der Waals surface area contributed by atoms with Crippen molar-refractivity contribution in [1.82, 2.24) is 4.90 Å². The number of hydrogen-bond donors (Lipinski definition) is 1. The number of nitrogens with zero attached hydrogens (tertiary/aromatic N) is 2. The molecule has 13 heavy (non-hydrogen) atoms. The van der Waals surface area contributed by atoms with Gasteiger partial charge in [-0.3, -0.25) is 0 Å². The molecule has 1 unspecified atom stereocenters. The maximum Gasteiger partial charge on any atom is 0.0672 e. The van der Waals surface area contributed by atoms with Gasteiger partial charge >= 0.3 is 0 Å². The summed E-state index contributed by atoms with van der Waals surface area (Å²) in [6, 6.07) is 2.77. The van der Waals surface area contributed by atoms with Crippen molar-refractivity contribution >= 4 is 0 Å². The first-order chi connectivity index (χ1) is 6.29. The molecule has 1 saturated heterocycles. The van der Waals surface area contributed by atoms with E-state index in [-0.39, 0.29) is 5.92 Å². The van der Waals surface area contributed by atoms with E-state index >= 15 is 0 Å². The van der Waals surface area contributed by atoms with Gasteiger partial charge in [0.05, 0.1) is 12.0 Å². The average molecular weight is 179 g/mol. The minimum atomic E-state index is 0.269. The Balaban J connectivity index is 1.79. The Bertz CT molecular complexity index is 217. The van der Waals surface area contributed by atoms with E-state index < -0.39 is 0 Å². The van der Waals surface area contributed by atoms with Gasteiger partial charge in [0.25, 0.3) is 0 Å². The molecule has 0 amide bonds. The molecule has 2 rings (SSSR count). The molecule has 72 valence electrons. The third kappa shape index (κ3) is 2.20. The van der Waals surface area contributed by atoms with Gasteiger partial charge in [-0.15, -0.1) is 0 Å². The highest BCUT2D eigenvalue weighted by Crippen LogP contribution is 2.37. The Morgan fingerprint density at radius 3 is 2.69 bits per heavy atom. The van der Waals surface area contributed by atoms with E-state index in [4.69, 9.17) is 11.0 Å². The van der Waals surface area contributed by atoms with Crippen molar-refractivity contribution in [1.29, 1.82) is 5.26 Å². The minimum absolute atomic E-state index is 0.269. The van der Waals surface area contributed by atoms with Gasteiger partial charge in [-0.2, -0.15) is 5.26 Å². The van der Waals surface area contributed by atoms with Crippen LogP contribution in [0.2, 0.25) is 0 Å². The summed E-state index contributed by atoms with van der Waals surface area (Å²) in [4.78, 5) is 2.34. The largest absolute Gasteiger partial charge is 0.326 e. The van der Waals surface area contributed by atoms with Gasteiger partial charge < -0.3 is 10.6 Å². The molecule has 0 radical (unpaired) electrons. The number of nitriles is 1. The lowest BCUT2D eigenvalue weighted by atomic mass is 10.1. The van der Waals surface area contributed by atoms with E-state index in [1.165, 1.54) is 12.8 Å². The molecule has 2 fully saturated rings. The van der Waals surface area contributed by atoms with Crippen molar-refractivity contribution in [2.45, 2.75) is 25.3 Å². The van der Waals surface area contributed by atoms with Crippen LogP contribution in [0.25, 0.3) is 0 Å². The topological polar surface area (TPSA) is 53.0 Å². The first-order valence-corrected chi connectivity index (χ1v) is 5.17. The van der Waals surface area contributed by atoms with Crippen molar-refractivity contribution in [3.05, 3.63) is 0 Å². The molecule has 1 heterocycles. The fourth-order valence-corrected chi connectivity index (χ4v) is 2.10. The maximum atomic E-state index is 8.95. The molecule has 2 aliphatic rings. The van der Waals surface area contributed by atoms with E-state index in [1.54, 1.807) is 0 Å². The van der Waals surface area contributed by atoms with Crippen LogP contribution in [0.15, 0.2) is 0 Å². The first-order valence-electron chi connectivity index (χ1n) is 5.17. The van der Waals surface area contributed by atoms with Gasteiger partial charge in [-0.25, -0.2) is 0 Å². The van der Waals surface area contributed by atoms with E-state index in [0.717, 1.165) is 26.1 Å². The van der Waals surface area contributed by atoms with Crippen molar-refractivity contribution in [2.75, 3.05) is 19.6 Å². The molecule has 0 spiro atoms. The van der Waals surface area contributed by atoms with Crippen molar-refractivity contribution < 1.29 is 0 Å². The molecule has 3 nitrogen and oxygen atoms in total. The molecule has 1 aliphatic heterocycles. The number of rotatable bonds is 3. The highest BCUT2D eigenvalue weighted by Gasteiger charge is 2.33. The van der Waals surface area contributed by atoms with Crippen LogP contribution >= 0.6 is 0 Å². The standard InChI is InChI=1S/C10H17N3/c11-5-9(8-1-2-8)6-13-4-3-10(12)7-13/h8-10H,1-4,6-7,12H2/t9?,10-/m1/s1. The van der Waals surface area contributed by atoms with Gasteiger partial charge in [0.2, 0.25) is 0 Å². The highest BCUT2D eigenvalue weighted by molar-refractivity contribution is 4.97. The Morgan fingerprint density at radius 1 is 1.46 bits per heavy atom. The van der Waals surface area contributed by atoms with Crippen LogP contribution in [0.3, 0.4) is 0 Å². The SMILES string of the molecule is N#CC(CN1CC[C@@H](N)C1)C1CC1. The van der Waals surface area contributed by atoms with Gasteiger partial charge in [0.1, 0.15) is 0 Å². The summed E-state index contributed by atoms with van der Waals surface area (Å²) >= 11 is 0. The summed E-state index contributed by atoms with van der Waals surface area (Å²) in [5.74, 6) is 0.965. The molecule has 2 N–H and O–H groups in total. The quantitative estimate of drug-likeness (QED) is 0.689. The monoisotopic (exact) mass is 179 g/mol. The zero-order valence-corrected chi connectivity index (χ0v) is 7.95. The van der Waals surface area contributed by atoms with E-state index in [2.05, 4.69) is 11.0 Å². The fourth-order valence-electron chi connectivity index (χ4n) is 2.10. The Labute approximate surface area is 79.5 Å². The molecule has 0 aromatic rings. The zero-order valence-electron chi connectivity index (χ0n) is 7.95. The summed E-state index contributed by atoms with van der Waals surface area (Å²) in [5.41, 5.74) is 5.81. The number of hydrogen-bond acceptors (Lipinski definition) is 3. The second kappa shape index (κ2) is 3.65. The number of nitrogens with two attached hydrogens (primary N) is 1. The van der Waals surface area contributed by atoms with Crippen LogP contribution in [-0.2, 0) is 0 Å². The van der Waals surface area contributed by atoms with Crippen LogP contribution in [0.4, 0.5) is 0 Å². The van der Waals surface area contributed by atoms with E-state index in [9.17, 15) is 0 Å². The predicted octanol–water partition coefficient (Wildman–Crippen LogP) is 0.569. The van der Waals surface area contributed by atoms with E-state index in [0.29, 0.717) is 12.0 Å². The lowest BCUT2D eigenvalue weighted by Crippen LogP contribution is -2.31. The highest BCUT2D eigenvalue weighted by atomic mass is 15.2. The average Bonchev–Trinajstić information content (AvgIpc) is 2.87. The summed E-state index contributed by atoms with van der Waals surface area (Å²) in [7, 11) is 0. The summed E-state index contributed by atoms with van der Waals surface area (Å²) in [6.45, 7) is 3.03. The maximum absolute atomic E-state index is 8.95. The summed E-state index contributed by atoms with van der Waals surface area (Å²) in [6.07, 6.45) is 3.62. The predicted molar refractivity (Wildman–Crippen MR) is 50.9 cm³/mol. The normalized spacial score (nSPS) is 31.5. The lowest BCUT2D eigenvalue weighted by molar-refractivity contribution is 0.289. The molecular formula is C10H17N3. The molecule has 3 heteroatoms. The lowest BCUT2D eigenvalue weighted by Gasteiger charge is -2.18. The molecule has 0 bridgehead atoms. The minimum Gasteiger partial charge on any atom is -0.326 e. The van der Waals surface area contributed by atoms with Gasteiger partial charge in [0.15, 0.2) is 0 Å². The molecule has 2 atom stereocenters. The molecule has 0 aromatic carbocycles. The molecule has 1 aliphatic carbocycles. The van der Waals surface area contributed by atoms with Crippen LogP contribution in [0, 0.1) is 23.2 Å². The summed E-state index contributed by atoms with van der Waals surface area (Å²) < 4.78 is 0. The fraction of sp³-hybridized carbons (Fsp3) is 0.900. The van der Waals surface area contributed by atoms with Crippen LogP contribution in [-0.4, -0.2) is 30.6 Å².